The lowest BCUT2D eigenvalue weighted by molar-refractivity contribution is 0.0920. The molecule has 1 atom stereocenters. The minimum atomic E-state index is -0.172. The number of pyridine rings is 1. The van der Waals surface area contributed by atoms with Gasteiger partial charge in [-0.05, 0) is 18.2 Å². The number of fused-ring (bicyclic) bond motifs is 1. The van der Waals surface area contributed by atoms with Gasteiger partial charge in [-0.3, -0.25) is 9.78 Å². The normalized spacial score (nSPS) is 16.5. The maximum absolute atomic E-state index is 12.3. The number of benzene rings is 1. The standard InChI is InChI=1S/C16H17N3O2/c1-17-11-6-8-18-14(10-11)16(20)19-13-7-9-21-15-5-3-2-4-12(13)15/h2-6,8,10,13H,7,9H2,1H3,(H,17,18)(H,19,20). The molecule has 0 radical (unpaired) electrons. The molecule has 0 aliphatic carbocycles. The second kappa shape index (κ2) is 5.83. The van der Waals surface area contributed by atoms with Gasteiger partial charge in [0.15, 0.2) is 0 Å². The second-order valence-electron chi connectivity index (χ2n) is 4.88. The summed E-state index contributed by atoms with van der Waals surface area (Å²) in [4.78, 5) is 16.5. The van der Waals surface area contributed by atoms with Gasteiger partial charge in [0.2, 0.25) is 0 Å². The highest BCUT2D eigenvalue weighted by Crippen LogP contribution is 2.31. The van der Waals surface area contributed by atoms with Crippen molar-refractivity contribution in [1.82, 2.24) is 10.3 Å². The third kappa shape index (κ3) is 2.81. The number of ether oxygens (including phenoxy) is 1. The summed E-state index contributed by atoms with van der Waals surface area (Å²) in [7, 11) is 1.81. The predicted molar refractivity (Wildman–Crippen MR) is 80.5 cm³/mol. The fraction of sp³-hybridized carbons (Fsp3) is 0.250. The average molecular weight is 283 g/mol. The van der Waals surface area contributed by atoms with E-state index in [0.29, 0.717) is 12.3 Å². The van der Waals surface area contributed by atoms with Gasteiger partial charge in [-0.25, -0.2) is 0 Å². The molecule has 21 heavy (non-hydrogen) atoms. The summed E-state index contributed by atoms with van der Waals surface area (Å²) in [5.74, 6) is 0.666. The van der Waals surface area contributed by atoms with Crippen LogP contribution in [0.5, 0.6) is 5.75 Å². The van der Waals surface area contributed by atoms with Crippen LogP contribution in [0.4, 0.5) is 5.69 Å². The number of anilines is 1. The van der Waals surface area contributed by atoms with Crippen molar-refractivity contribution in [2.24, 2.45) is 0 Å². The van der Waals surface area contributed by atoms with Crippen LogP contribution < -0.4 is 15.4 Å². The number of carbonyl (C=O) groups is 1. The molecule has 1 unspecified atom stereocenters. The molecule has 1 aliphatic rings. The first-order valence-electron chi connectivity index (χ1n) is 6.94. The minimum absolute atomic E-state index is 0.0394. The lowest BCUT2D eigenvalue weighted by Gasteiger charge is -2.26. The second-order valence-corrected chi connectivity index (χ2v) is 4.88. The van der Waals surface area contributed by atoms with E-state index in [1.165, 1.54) is 0 Å². The van der Waals surface area contributed by atoms with Crippen molar-refractivity contribution >= 4 is 11.6 Å². The first-order valence-corrected chi connectivity index (χ1v) is 6.94. The summed E-state index contributed by atoms with van der Waals surface area (Å²) >= 11 is 0. The largest absolute Gasteiger partial charge is 0.493 e. The Bertz CT molecular complexity index is 657. The molecule has 0 saturated carbocycles. The first kappa shape index (κ1) is 13.4. The zero-order valence-electron chi connectivity index (χ0n) is 11.8. The summed E-state index contributed by atoms with van der Waals surface area (Å²) in [6.45, 7) is 0.603. The first-order chi connectivity index (χ1) is 10.3. The molecule has 5 nitrogen and oxygen atoms in total. The van der Waals surface area contributed by atoms with Gasteiger partial charge in [0.25, 0.3) is 5.91 Å². The molecule has 2 N–H and O–H groups in total. The van der Waals surface area contributed by atoms with E-state index in [0.717, 1.165) is 23.4 Å². The highest BCUT2D eigenvalue weighted by Gasteiger charge is 2.23. The van der Waals surface area contributed by atoms with E-state index in [1.54, 1.807) is 12.3 Å². The van der Waals surface area contributed by atoms with E-state index in [2.05, 4.69) is 15.6 Å². The number of nitrogens with zero attached hydrogens (tertiary/aromatic N) is 1. The van der Waals surface area contributed by atoms with Crippen molar-refractivity contribution in [2.75, 3.05) is 19.0 Å². The topological polar surface area (TPSA) is 63.2 Å². The monoisotopic (exact) mass is 283 g/mol. The number of amides is 1. The van der Waals surface area contributed by atoms with E-state index in [-0.39, 0.29) is 11.9 Å². The zero-order valence-corrected chi connectivity index (χ0v) is 11.8. The van der Waals surface area contributed by atoms with E-state index >= 15 is 0 Å². The van der Waals surface area contributed by atoms with Crippen LogP contribution in [0.2, 0.25) is 0 Å². The molecule has 1 aromatic carbocycles. The molecular weight excluding hydrogens is 266 g/mol. The Labute approximate surface area is 123 Å². The lowest BCUT2D eigenvalue weighted by Crippen LogP contribution is -2.32. The van der Waals surface area contributed by atoms with Crippen molar-refractivity contribution < 1.29 is 9.53 Å². The molecule has 0 saturated heterocycles. The summed E-state index contributed by atoms with van der Waals surface area (Å²) in [6.07, 6.45) is 2.38. The summed E-state index contributed by atoms with van der Waals surface area (Å²) < 4.78 is 5.60. The van der Waals surface area contributed by atoms with Crippen LogP contribution in [0.25, 0.3) is 0 Å². The van der Waals surface area contributed by atoms with Gasteiger partial charge in [-0.15, -0.1) is 0 Å². The van der Waals surface area contributed by atoms with Gasteiger partial charge in [0, 0.05) is 30.9 Å². The molecule has 1 amide bonds. The fourth-order valence-corrected chi connectivity index (χ4v) is 2.43. The number of para-hydroxylation sites is 1. The molecule has 1 aliphatic heterocycles. The Balaban J connectivity index is 1.79. The van der Waals surface area contributed by atoms with Crippen LogP contribution in [0.1, 0.15) is 28.5 Å². The Kier molecular flexibility index (Phi) is 3.73. The Morgan fingerprint density at radius 2 is 2.19 bits per heavy atom. The number of carbonyl (C=O) groups excluding carboxylic acids is 1. The van der Waals surface area contributed by atoms with Crippen LogP contribution in [0.15, 0.2) is 42.6 Å². The predicted octanol–water partition coefficient (Wildman–Crippen LogP) is 2.38. The third-order valence-electron chi connectivity index (χ3n) is 3.55. The smallest absolute Gasteiger partial charge is 0.270 e. The Morgan fingerprint density at radius 3 is 3.05 bits per heavy atom. The van der Waals surface area contributed by atoms with Gasteiger partial charge in [0.1, 0.15) is 11.4 Å². The van der Waals surface area contributed by atoms with Crippen LogP contribution in [-0.4, -0.2) is 24.5 Å². The molecule has 0 fully saturated rings. The summed E-state index contributed by atoms with van der Waals surface area (Å²) in [5, 5.41) is 6.03. The number of nitrogens with one attached hydrogen (secondary N) is 2. The maximum atomic E-state index is 12.3. The van der Waals surface area contributed by atoms with Gasteiger partial charge < -0.3 is 15.4 Å². The van der Waals surface area contributed by atoms with Crippen LogP contribution in [-0.2, 0) is 0 Å². The molecule has 108 valence electrons. The van der Waals surface area contributed by atoms with Gasteiger partial charge in [-0.1, -0.05) is 18.2 Å². The molecule has 2 aromatic rings. The van der Waals surface area contributed by atoms with Crippen molar-refractivity contribution in [3.63, 3.8) is 0 Å². The van der Waals surface area contributed by atoms with Crippen LogP contribution in [0.3, 0.4) is 0 Å². The van der Waals surface area contributed by atoms with Crippen molar-refractivity contribution in [3.05, 3.63) is 53.9 Å². The highest BCUT2D eigenvalue weighted by atomic mass is 16.5. The van der Waals surface area contributed by atoms with E-state index in [9.17, 15) is 4.79 Å². The molecule has 5 heteroatoms. The van der Waals surface area contributed by atoms with Gasteiger partial charge >= 0.3 is 0 Å². The summed E-state index contributed by atoms with van der Waals surface area (Å²) in [6, 6.07) is 11.3. The fourth-order valence-electron chi connectivity index (χ4n) is 2.43. The molecule has 1 aromatic heterocycles. The lowest BCUT2D eigenvalue weighted by atomic mass is 10.0. The molecule has 2 heterocycles. The summed E-state index contributed by atoms with van der Waals surface area (Å²) in [5.41, 5.74) is 2.29. The number of hydrogen-bond donors (Lipinski definition) is 2. The van der Waals surface area contributed by atoms with Gasteiger partial charge in [-0.2, -0.15) is 0 Å². The minimum Gasteiger partial charge on any atom is -0.493 e. The van der Waals surface area contributed by atoms with Gasteiger partial charge in [0.05, 0.1) is 12.6 Å². The number of aromatic nitrogens is 1. The van der Waals surface area contributed by atoms with Crippen molar-refractivity contribution in [3.8, 4) is 5.75 Å². The third-order valence-corrected chi connectivity index (χ3v) is 3.55. The number of rotatable bonds is 3. The highest BCUT2D eigenvalue weighted by molar-refractivity contribution is 5.93. The quantitative estimate of drug-likeness (QED) is 0.908. The van der Waals surface area contributed by atoms with E-state index in [1.807, 2.05) is 37.4 Å². The molecule has 0 bridgehead atoms. The zero-order chi connectivity index (χ0) is 14.7. The van der Waals surface area contributed by atoms with Crippen LogP contribution in [0, 0.1) is 0 Å². The molecular formula is C16H17N3O2. The number of hydrogen-bond acceptors (Lipinski definition) is 4. The molecule has 0 spiro atoms. The average Bonchev–Trinajstić information content (AvgIpc) is 2.55. The van der Waals surface area contributed by atoms with Crippen LogP contribution >= 0.6 is 0 Å². The van der Waals surface area contributed by atoms with E-state index < -0.39 is 0 Å². The molecule has 3 rings (SSSR count). The van der Waals surface area contributed by atoms with E-state index in [4.69, 9.17) is 4.74 Å². The van der Waals surface area contributed by atoms with Crippen molar-refractivity contribution in [1.29, 1.82) is 0 Å². The Hall–Kier alpha value is -2.56. The van der Waals surface area contributed by atoms with Crippen molar-refractivity contribution in [2.45, 2.75) is 12.5 Å². The Morgan fingerprint density at radius 1 is 1.33 bits per heavy atom. The maximum Gasteiger partial charge on any atom is 0.270 e. The SMILES string of the molecule is CNc1ccnc(C(=O)NC2CCOc3ccccc32)c1.